The van der Waals surface area contributed by atoms with Crippen molar-refractivity contribution in [1.82, 2.24) is 0 Å². The normalized spacial score (nSPS) is 46.1. The Labute approximate surface area is 71.4 Å². The summed E-state index contributed by atoms with van der Waals surface area (Å²) in [6, 6.07) is 0. The van der Waals surface area contributed by atoms with Crippen LogP contribution in [0.2, 0.25) is 0 Å². The predicted octanol–water partition coefficient (Wildman–Crippen LogP) is 0.868. The van der Waals surface area contributed by atoms with Crippen molar-refractivity contribution in [3.63, 3.8) is 0 Å². The zero-order chi connectivity index (χ0) is 8.72. The lowest BCUT2D eigenvalue weighted by atomic mass is 9.63. The number of rotatable bonds is 1. The highest BCUT2D eigenvalue weighted by molar-refractivity contribution is 5.70. The lowest BCUT2D eigenvalue weighted by Crippen LogP contribution is -2.44. The van der Waals surface area contributed by atoms with Crippen molar-refractivity contribution in [2.45, 2.75) is 31.8 Å². The molecule has 0 radical (unpaired) electrons. The standard InChI is InChI=1S/C9H14O3/c10-8-4-5-1-2-6(8)7(3-5)9(11)12/h5-8,10H,1-4H2,(H,11,12)/t5-,6+,7-,8+/m1/s1. The van der Waals surface area contributed by atoms with Crippen molar-refractivity contribution in [1.29, 1.82) is 0 Å². The Morgan fingerprint density at radius 2 is 2.00 bits per heavy atom. The van der Waals surface area contributed by atoms with E-state index < -0.39 is 5.97 Å². The van der Waals surface area contributed by atoms with Crippen LogP contribution in [0, 0.1) is 17.8 Å². The Bertz CT molecular complexity index is 202. The minimum absolute atomic E-state index is 0.0347. The fraction of sp³-hybridized carbons (Fsp3) is 0.889. The second kappa shape index (κ2) is 2.73. The first-order chi connectivity index (χ1) is 5.68. The van der Waals surface area contributed by atoms with Gasteiger partial charge >= 0.3 is 5.97 Å². The minimum atomic E-state index is -0.719. The molecule has 0 saturated heterocycles. The average Bonchev–Trinajstić information content (AvgIpc) is 2.04. The molecule has 4 atom stereocenters. The minimum Gasteiger partial charge on any atom is -0.481 e. The largest absolute Gasteiger partial charge is 0.481 e. The van der Waals surface area contributed by atoms with Gasteiger partial charge in [-0.2, -0.15) is 0 Å². The molecule has 3 aliphatic carbocycles. The molecule has 0 aromatic carbocycles. The third-order valence-electron chi connectivity index (χ3n) is 3.40. The molecular formula is C9H14O3. The molecule has 0 amide bonds. The zero-order valence-electron chi connectivity index (χ0n) is 6.94. The van der Waals surface area contributed by atoms with E-state index in [1.807, 2.05) is 0 Å². The van der Waals surface area contributed by atoms with E-state index in [1.165, 1.54) is 0 Å². The van der Waals surface area contributed by atoms with Gasteiger partial charge in [-0.3, -0.25) is 4.79 Å². The quantitative estimate of drug-likeness (QED) is 0.614. The molecule has 3 nitrogen and oxygen atoms in total. The number of carboxylic acid groups (broad SMARTS) is 1. The Kier molecular flexibility index (Phi) is 1.83. The molecule has 0 aliphatic heterocycles. The van der Waals surface area contributed by atoms with E-state index in [-0.39, 0.29) is 17.9 Å². The summed E-state index contributed by atoms with van der Waals surface area (Å²) in [4.78, 5) is 10.8. The summed E-state index contributed by atoms with van der Waals surface area (Å²) in [7, 11) is 0. The number of carboxylic acids is 1. The first-order valence-electron chi connectivity index (χ1n) is 4.59. The van der Waals surface area contributed by atoms with Gasteiger partial charge in [-0.1, -0.05) is 0 Å². The van der Waals surface area contributed by atoms with Gasteiger partial charge in [0, 0.05) is 0 Å². The van der Waals surface area contributed by atoms with Crippen LogP contribution in [0.4, 0.5) is 0 Å². The smallest absolute Gasteiger partial charge is 0.306 e. The number of hydrogen-bond acceptors (Lipinski definition) is 2. The van der Waals surface area contributed by atoms with Gasteiger partial charge in [-0.25, -0.2) is 0 Å². The third kappa shape index (κ3) is 1.12. The van der Waals surface area contributed by atoms with Crippen LogP contribution in [-0.2, 0) is 4.79 Å². The average molecular weight is 170 g/mol. The van der Waals surface area contributed by atoms with Crippen molar-refractivity contribution in [3.05, 3.63) is 0 Å². The topological polar surface area (TPSA) is 57.5 Å². The van der Waals surface area contributed by atoms with Crippen LogP contribution in [0.25, 0.3) is 0 Å². The molecule has 2 N–H and O–H groups in total. The fourth-order valence-electron chi connectivity index (χ4n) is 2.76. The van der Waals surface area contributed by atoms with E-state index in [0.29, 0.717) is 5.92 Å². The Morgan fingerprint density at radius 1 is 1.25 bits per heavy atom. The predicted molar refractivity (Wildman–Crippen MR) is 42.6 cm³/mol. The third-order valence-corrected chi connectivity index (χ3v) is 3.40. The van der Waals surface area contributed by atoms with Gasteiger partial charge in [-0.05, 0) is 37.5 Å². The lowest BCUT2D eigenvalue weighted by molar-refractivity contribution is -0.152. The van der Waals surface area contributed by atoms with E-state index in [1.54, 1.807) is 0 Å². The number of hydrogen-bond donors (Lipinski definition) is 2. The molecule has 0 aromatic heterocycles. The van der Waals surface area contributed by atoms with Crippen LogP contribution in [-0.4, -0.2) is 22.3 Å². The lowest BCUT2D eigenvalue weighted by Gasteiger charge is -2.43. The maximum atomic E-state index is 10.8. The van der Waals surface area contributed by atoms with Gasteiger partial charge in [0.25, 0.3) is 0 Å². The monoisotopic (exact) mass is 170 g/mol. The molecule has 12 heavy (non-hydrogen) atoms. The molecule has 0 aromatic rings. The first kappa shape index (κ1) is 8.05. The van der Waals surface area contributed by atoms with E-state index in [9.17, 15) is 9.90 Å². The Morgan fingerprint density at radius 3 is 2.42 bits per heavy atom. The van der Waals surface area contributed by atoms with Crippen LogP contribution >= 0.6 is 0 Å². The van der Waals surface area contributed by atoms with Crippen molar-refractivity contribution in [2.24, 2.45) is 17.8 Å². The molecule has 2 bridgehead atoms. The molecular weight excluding hydrogens is 156 g/mol. The van der Waals surface area contributed by atoms with E-state index in [4.69, 9.17) is 5.11 Å². The maximum Gasteiger partial charge on any atom is 0.306 e. The van der Waals surface area contributed by atoms with Gasteiger partial charge < -0.3 is 10.2 Å². The summed E-state index contributed by atoms with van der Waals surface area (Å²) in [6.07, 6.45) is 3.29. The summed E-state index contributed by atoms with van der Waals surface area (Å²) in [5.41, 5.74) is 0. The van der Waals surface area contributed by atoms with Crippen molar-refractivity contribution >= 4 is 5.97 Å². The van der Waals surface area contributed by atoms with Crippen LogP contribution < -0.4 is 0 Å². The summed E-state index contributed by atoms with van der Waals surface area (Å²) in [6.45, 7) is 0. The van der Waals surface area contributed by atoms with Gasteiger partial charge in [0.05, 0.1) is 12.0 Å². The Balaban J connectivity index is 2.14. The van der Waals surface area contributed by atoms with E-state index in [2.05, 4.69) is 0 Å². The highest BCUT2D eigenvalue weighted by Gasteiger charge is 2.44. The number of aliphatic hydroxyl groups is 1. The molecule has 0 spiro atoms. The van der Waals surface area contributed by atoms with Crippen LogP contribution in [0.15, 0.2) is 0 Å². The first-order valence-corrected chi connectivity index (χ1v) is 4.59. The molecule has 3 aliphatic rings. The zero-order valence-corrected chi connectivity index (χ0v) is 6.94. The SMILES string of the molecule is O=C(O)[C@@H]1C[C@H]2CC[C@@H]1[C@@H](O)C2. The van der Waals surface area contributed by atoms with Crippen LogP contribution in [0.5, 0.6) is 0 Å². The molecule has 0 heterocycles. The number of fused-ring (bicyclic) bond motifs is 3. The van der Waals surface area contributed by atoms with Gasteiger partial charge in [-0.15, -0.1) is 0 Å². The summed E-state index contributed by atoms with van der Waals surface area (Å²) >= 11 is 0. The summed E-state index contributed by atoms with van der Waals surface area (Å²) in [5, 5.41) is 18.4. The highest BCUT2D eigenvalue weighted by atomic mass is 16.4. The van der Waals surface area contributed by atoms with Gasteiger partial charge in [0.2, 0.25) is 0 Å². The molecule has 68 valence electrons. The second-order valence-electron chi connectivity index (χ2n) is 4.09. The Hall–Kier alpha value is -0.570. The number of carbonyl (C=O) groups is 1. The maximum absolute atomic E-state index is 10.8. The molecule has 3 saturated carbocycles. The van der Waals surface area contributed by atoms with Crippen molar-refractivity contribution in [3.8, 4) is 0 Å². The molecule has 0 unspecified atom stereocenters. The van der Waals surface area contributed by atoms with Crippen LogP contribution in [0.1, 0.15) is 25.7 Å². The number of aliphatic hydroxyl groups excluding tert-OH is 1. The number of aliphatic carboxylic acids is 1. The summed E-state index contributed by atoms with van der Waals surface area (Å²) in [5.74, 6) is -0.491. The molecule has 3 fully saturated rings. The van der Waals surface area contributed by atoms with Crippen LogP contribution in [0.3, 0.4) is 0 Å². The highest BCUT2D eigenvalue weighted by Crippen LogP contribution is 2.45. The molecule has 3 heteroatoms. The van der Waals surface area contributed by atoms with Gasteiger partial charge in [0.1, 0.15) is 0 Å². The molecule has 3 rings (SSSR count). The second-order valence-corrected chi connectivity index (χ2v) is 4.09. The van der Waals surface area contributed by atoms with Crippen molar-refractivity contribution in [2.75, 3.05) is 0 Å². The van der Waals surface area contributed by atoms with E-state index in [0.717, 1.165) is 25.7 Å². The summed E-state index contributed by atoms with van der Waals surface area (Å²) < 4.78 is 0. The fourth-order valence-corrected chi connectivity index (χ4v) is 2.76. The van der Waals surface area contributed by atoms with E-state index >= 15 is 0 Å². The van der Waals surface area contributed by atoms with Gasteiger partial charge in [0.15, 0.2) is 0 Å². The van der Waals surface area contributed by atoms with Crippen molar-refractivity contribution < 1.29 is 15.0 Å².